The third kappa shape index (κ3) is 2.73. The standard InChI is InChI=1S/C4H11N3O2/c1-4(2,8)7(9)6(3)5/h5,8H,1-3H3/q-2. The van der Waals surface area contributed by atoms with Gasteiger partial charge in [0.25, 0.3) is 0 Å². The lowest BCUT2D eigenvalue weighted by atomic mass is 10.3. The first-order valence-corrected chi connectivity index (χ1v) is 2.50. The van der Waals surface area contributed by atoms with Crippen LogP contribution in [-0.4, -0.2) is 28.2 Å². The Morgan fingerprint density at radius 2 is 1.89 bits per heavy atom. The zero-order valence-electron chi connectivity index (χ0n) is 5.75. The fourth-order valence-electron chi connectivity index (χ4n) is 0.367. The average molecular weight is 133 g/mol. The number of hydroxylamine groups is 1. The van der Waals surface area contributed by atoms with Crippen molar-refractivity contribution in [2.24, 2.45) is 0 Å². The predicted molar refractivity (Wildman–Crippen MR) is 33.6 cm³/mol. The van der Waals surface area contributed by atoms with Gasteiger partial charge in [-0.05, 0) is 20.9 Å². The van der Waals surface area contributed by atoms with Gasteiger partial charge in [-0.2, -0.15) is 0 Å². The average Bonchev–Trinajstić information content (AvgIpc) is 1.62. The number of hydrogen-bond donors (Lipinski definition) is 1. The second-order valence-electron chi connectivity index (χ2n) is 2.29. The number of aliphatic hydroxyl groups is 1. The molecule has 0 saturated heterocycles. The number of hydrogen-bond acceptors (Lipinski definition) is 4. The first kappa shape index (κ1) is 8.80. The van der Waals surface area contributed by atoms with Crippen molar-refractivity contribution in [2.45, 2.75) is 19.6 Å². The van der Waals surface area contributed by atoms with Gasteiger partial charge in [0, 0.05) is 0 Å². The van der Waals surface area contributed by atoms with E-state index in [2.05, 4.69) is 0 Å². The van der Waals surface area contributed by atoms with Crippen molar-refractivity contribution >= 4 is 0 Å². The SMILES string of the molecule is CN([NH-])N([O-])C(C)(C)O. The molecule has 0 heterocycles. The van der Waals surface area contributed by atoms with Crippen LogP contribution in [0.1, 0.15) is 13.8 Å². The van der Waals surface area contributed by atoms with E-state index in [1.54, 1.807) is 0 Å². The summed E-state index contributed by atoms with van der Waals surface area (Å²) in [6, 6.07) is 0. The van der Waals surface area contributed by atoms with Crippen LogP contribution in [0.15, 0.2) is 0 Å². The van der Waals surface area contributed by atoms with Gasteiger partial charge in [-0.25, -0.2) is 0 Å². The summed E-state index contributed by atoms with van der Waals surface area (Å²) in [4.78, 5) is 0. The van der Waals surface area contributed by atoms with Crippen molar-refractivity contribution in [1.29, 1.82) is 0 Å². The van der Waals surface area contributed by atoms with Crippen molar-refractivity contribution < 1.29 is 5.11 Å². The van der Waals surface area contributed by atoms with E-state index in [0.29, 0.717) is 5.12 Å². The van der Waals surface area contributed by atoms with Gasteiger partial charge in [-0.15, -0.1) is 0 Å². The van der Waals surface area contributed by atoms with Gasteiger partial charge in [-0.1, -0.05) is 0 Å². The molecule has 0 aromatic carbocycles. The Labute approximate surface area is 54.2 Å². The lowest BCUT2D eigenvalue weighted by Crippen LogP contribution is -2.45. The van der Waals surface area contributed by atoms with Crippen LogP contribution in [0.2, 0.25) is 0 Å². The summed E-state index contributed by atoms with van der Waals surface area (Å²) in [5.74, 6) is 6.73. The number of nitrogens with zero attached hydrogens (tertiary/aromatic N) is 2. The summed E-state index contributed by atoms with van der Waals surface area (Å²) in [5, 5.41) is 20.2. The summed E-state index contributed by atoms with van der Waals surface area (Å²) in [6.07, 6.45) is 0. The number of rotatable bonds is 2. The maximum Gasteiger partial charge on any atom is 0.112 e. The molecule has 0 saturated carbocycles. The Morgan fingerprint density at radius 1 is 1.56 bits per heavy atom. The Bertz CT molecular complexity index is 88.3. The van der Waals surface area contributed by atoms with E-state index in [-0.39, 0.29) is 5.17 Å². The molecule has 0 aliphatic heterocycles. The Kier molecular flexibility index (Phi) is 2.53. The smallest absolute Gasteiger partial charge is 0.112 e. The highest BCUT2D eigenvalue weighted by molar-refractivity contribution is 4.66. The van der Waals surface area contributed by atoms with E-state index in [9.17, 15) is 5.21 Å². The third-order valence-electron chi connectivity index (χ3n) is 0.741. The molecular formula is C4H11N3O2-2. The first-order chi connectivity index (χ1) is 3.85. The van der Waals surface area contributed by atoms with Crippen LogP contribution in [0.3, 0.4) is 0 Å². The second-order valence-corrected chi connectivity index (χ2v) is 2.29. The van der Waals surface area contributed by atoms with E-state index >= 15 is 0 Å². The van der Waals surface area contributed by atoms with E-state index in [0.717, 1.165) is 0 Å². The molecule has 0 spiro atoms. The maximum absolute atomic E-state index is 10.6. The van der Waals surface area contributed by atoms with Crippen molar-refractivity contribution in [1.82, 2.24) is 10.3 Å². The third-order valence-corrected chi connectivity index (χ3v) is 0.741. The van der Waals surface area contributed by atoms with Crippen molar-refractivity contribution in [2.75, 3.05) is 7.05 Å². The van der Waals surface area contributed by atoms with Crippen LogP contribution < -0.4 is 0 Å². The highest BCUT2D eigenvalue weighted by Gasteiger charge is 2.13. The first-order valence-electron chi connectivity index (χ1n) is 2.50. The molecule has 0 radical (unpaired) electrons. The highest BCUT2D eigenvalue weighted by Crippen LogP contribution is 2.09. The Morgan fingerprint density at radius 3 is 1.89 bits per heavy atom. The van der Waals surface area contributed by atoms with Crippen molar-refractivity contribution in [3.63, 3.8) is 0 Å². The molecule has 0 rings (SSSR count). The van der Waals surface area contributed by atoms with Crippen LogP contribution in [0.25, 0.3) is 5.84 Å². The van der Waals surface area contributed by atoms with Gasteiger partial charge in [0.2, 0.25) is 0 Å². The highest BCUT2D eigenvalue weighted by atomic mass is 16.6. The summed E-state index contributed by atoms with van der Waals surface area (Å²) in [6.45, 7) is 2.62. The summed E-state index contributed by atoms with van der Waals surface area (Å²) < 4.78 is 0. The fraction of sp³-hybridized carbons (Fsp3) is 1.00. The molecule has 0 atom stereocenters. The molecular weight excluding hydrogens is 122 g/mol. The summed E-state index contributed by atoms with van der Waals surface area (Å²) >= 11 is 0. The predicted octanol–water partition coefficient (Wildman–Crippen LogP) is 0.329. The van der Waals surface area contributed by atoms with E-state index < -0.39 is 5.72 Å². The number of nitrogens with one attached hydrogen (secondary N) is 1. The van der Waals surface area contributed by atoms with Gasteiger partial charge >= 0.3 is 0 Å². The molecule has 5 heteroatoms. The number of hydrazine groups is 1. The molecule has 0 unspecified atom stereocenters. The Hall–Kier alpha value is -0.200. The summed E-state index contributed by atoms with van der Waals surface area (Å²) in [5.41, 5.74) is -1.50. The largest absolute Gasteiger partial charge is 0.771 e. The molecule has 0 aromatic rings. The van der Waals surface area contributed by atoms with Crippen LogP contribution in [-0.2, 0) is 0 Å². The van der Waals surface area contributed by atoms with E-state index in [4.69, 9.17) is 10.9 Å². The zero-order chi connectivity index (χ0) is 7.65. The van der Waals surface area contributed by atoms with Gasteiger partial charge in [0.1, 0.15) is 5.72 Å². The molecule has 0 aliphatic carbocycles. The van der Waals surface area contributed by atoms with Gasteiger partial charge in [0.15, 0.2) is 0 Å². The van der Waals surface area contributed by atoms with Gasteiger partial charge in [-0.3, -0.25) is 0 Å². The van der Waals surface area contributed by atoms with Crippen molar-refractivity contribution in [3.05, 3.63) is 11.0 Å². The molecule has 0 aromatic heterocycles. The topological polar surface area (TPSA) is 73.6 Å². The normalized spacial score (nSPS) is 13.3. The van der Waals surface area contributed by atoms with Crippen LogP contribution in [0, 0.1) is 5.21 Å². The van der Waals surface area contributed by atoms with Gasteiger partial charge < -0.3 is 26.4 Å². The quantitative estimate of drug-likeness (QED) is 0.435. The molecule has 2 N–H and O–H groups in total. The lowest BCUT2D eigenvalue weighted by molar-refractivity contribution is -0.133. The minimum atomic E-state index is -1.50. The maximum atomic E-state index is 10.6. The fourth-order valence-corrected chi connectivity index (χ4v) is 0.367. The second kappa shape index (κ2) is 2.59. The minimum absolute atomic E-state index is 0.160. The molecule has 0 amide bonds. The molecule has 5 nitrogen and oxygen atoms in total. The Balaban J connectivity index is 3.88. The monoisotopic (exact) mass is 133 g/mol. The minimum Gasteiger partial charge on any atom is -0.771 e. The van der Waals surface area contributed by atoms with E-state index in [1.807, 2.05) is 0 Å². The molecule has 56 valence electrons. The molecule has 0 aliphatic rings. The van der Waals surface area contributed by atoms with Crippen molar-refractivity contribution in [3.8, 4) is 0 Å². The van der Waals surface area contributed by atoms with E-state index in [1.165, 1.54) is 20.9 Å². The lowest BCUT2D eigenvalue weighted by Gasteiger charge is -2.49. The molecule has 9 heavy (non-hydrogen) atoms. The summed E-state index contributed by atoms with van der Waals surface area (Å²) in [7, 11) is 1.24. The van der Waals surface area contributed by atoms with Crippen LogP contribution >= 0.6 is 0 Å². The zero-order valence-corrected chi connectivity index (χ0v) is 5.75. The molecule has 0 bridgehead atoms. The van der Waals surface area contributed by atoms with Crippen LogP contribution in [0.4, 0.5) is 0 Å². The van der Waals surface area contributed by atoms with Gasteiger partial charge in [0.05, 0.1) is 0 Å². The van der Waals surface area contributed by atoms with Crippen LogP contribution in [0.5, 0.6) is 0 Å². The molecule has 0 fully saturated rings.